The fraction of sp³-hybridized carbons (Fsp3) is 0.571. The van der Waals surface area contributed by atoms with E-state index in [4.69, 9.17) is 15.2 Å². The number of nitrogens with two attached hydrogens (primary N) is 1. The van der Waals surface area contributed by atoms with Crippen molar-refractivity contribution in [3.63, 3.8) is 0 Å². The van der Waals surface area contributed by atoms with E-state index in [2.05, 4.69) is 0 Å². The fourth-order valence-corrected chi connectivity index (χ4v) is 2.24. The van der Waals surface area contributed by atoms with E-state index in [0.29, 0.717) is 13.0 Å². The first-order valence-electron chi connectivity index (χ1n) is 6.54. The van der Waals surface area contributed by atoms with E-state index in [0.717, 1.165) is 24.2 Å². The molecule has 1 unspecified atom stereocenters. The van der Waals surface area contributed by atoms with Crippen molar-refractivity contribution in [3.8, 4) is 5.75 Å². The van der Waals surface area contributed by atoms with Gasteiger partial charge in [-0.05, 0) is 24.8 Å². The molecule has 1 aliphatic heterocycles. The number of alkyl halides is 2. The summed E-state index contributed by atoms with van der Waals surface area (Å²) in [7, 11) is 0. The van der Waals surface area contributed by atoms with Gasteiger partial charge in [-0.25, -0.2) is 8.78 Å². The maximum absolute atomic E-state index is 11.9. The number of halogens is 2. The summed E-state index contributed by atoms with van der Waals surface area (Å²) in [6.45, 7) is 0.407. The Morgan fingerprint density at radius 3 is 3.00 bits per heavy atom. The van der Waals surface area contributed by atoms with E-state index in [1.54, 1.807) is 0 Å². The minimum atomic E-state index is -2.43. The van der Waals surface area contributed by atoms with Crippen molar-refractivity contribution in [2.75, 3.05) is 19.8 Å². The number of hydrogen-bond acceptors (Lipinski definition) is 3. The Hall–Kier alpha value is -1.20. The van der Waals surface area contributed by atoms with Gasteiger partial charge in [0, 0.05) is 18.2 Å². The Balaban J connectivity index is 1.93. The lowest BCUT2D eigenvalue weighted by Crippen LogP contribution is -2.18. The molecule has 0 aromatic heterocycles. The van der Waals surface area contributed by atoms with Crippen molar-refractivity contribution in [3.05, 3.63) is 29.3 Å². The molecule has 0 bridgehead atoms. The summed E-state index contributed by atoms with van der Waals surface area (Å²) < 4.78 is 34.4. The van der Waals surface area contributed by atoms with Crippen LogP contribution in [0.4, 0.5) is 8.78 Å². The Kier molecular flexibility index (Phi) is 5.10. The van der Waals surface area contributed by atoms with Crippen LogP contribution in [-0.4, -0.2) is 26.2 Å². The number of ether oxygens (including phenoxy) is 2. The molecule has 0 amide bonds. The van der Waals surface area contributed by atoms with Crippen molar-refractivity contribution in [2.45, 2.75) is 31.7 Å². The first-order valence-corrected chi connectivity index (χ1v) is 6.54. The monoisotopic (exact) mass is 271 g/mol. The predicted molar refractivity (Wildman–Crippen MR) is 68.6 cm³/mol. The SMILES string of the molecule is NC(CCOCC(F)F)c1cccc2c1OCCC2. The molecule has 1 aliphatic rings. The molecule has 19 heavy (non-hydrogen) atoms. The summed E-state index contributed by atoms with van der Waals surface area (Å²) in [5, 5.41) is 0. The molecule has 3 nitrogen and oxygen atoms in total. The van der Waals surface area contributed by atoms with Gasteiger partial charge in [0.2, 0.25) is 0 Å². The van der Waals surface area contributed by atoms with Gasteiger partial charge >= 0.3 is 0 Å². The number of fused-ring (bicyclic) bond motifs is 1. The molecule has 1 heterocycles. The van der Waals surface area contributed by atoms with E-state index < -0.39 is 13.0 Å². The molecule has 0 saturated heterocycles. The zero-order chi connectivity index (χ0) is 13.7. The highest BCUT2D eigenvalue weighted by Crippen LogP contribution is 2.33. The lowest BCUT2D eigenvalue weighted by molar-refractivity contribution is 0.0151. The van der Waals surface area contributed by atoms with Crippen molar-refractivity contribution in [2.24, 2.45) is 5.73 Å². The summed E-state index contributed by atoms with van der Waals surface area (Å²) in [5.41, 5.74) is 8.20. The summed E-state index contributed by atoms with van der Waals surface area (Å²) in [6.07, 6.45) is 0.0945. The van der Waals surface area contributed by atoms with Crippen LogP contribution in [0, 0.1) is 0 Å². The molecule has 0 radical (unpaired) electrons. The van der Waals surface area contributed by atoms with Crippen molar-refractivity contribution < 1.29 is 18.3 Å². The van der Waals surface area contributed by atoms with E-state index in [1.807, 2.05) is 18.2 Å². The van der Waals surface area contributed by atoms with Gasteiger partial charge in [-0.15, -0.1) is 0 Å². The third-order valence-corrected chi connectivity index (χ3v) is 3.18. The van der Waals surface area contributed by atoms with Crippen molar-refractivity contribution >= 4 is 0 Å². The third kappa shape index (κ3) is 3.88. The maximum atomic E-state index is 11.9. The molecule has 0 spiro atoms. The van der Waals surface area contributed by atoms with Gasteiger partial charge in [0.15, 0.2) is 0 Å². The Morgan fingerprint density at radius 1 is 1.37 bits per heavy atom. The first-order chi connectivity index (χ1) is 9.18. The van der Waals surface area contributed by atoms with Crippen molar-refractivity contribution in [1.82, 2.24) is 0 Å². The van der Waals surface area contributed by atoms with Gasteiger partial charge in [-0.2, -0.15) is 0 Å². The average molecular weight is 271 g/mol. The average Bonchev–Trinajstić information content (AvgIpc) is 2.42. The van der Waals surface area contributed by atoms with Gasteiger partial charge < -0.3 is 15.2 Å². The highest BCUT2D eigenvalue weighted by molar-refractivity contribution is 5.44. The smallest absolute Gasteiger partial charge is 0.261 e. The van der Waals surface area contributed by atoms with Crippen LogP contribution in [0.1, 0.15) is 30.0 Å². The standard InChI is InChI=1S/C14H19F2NO2/c15-13(16)9-18-8-6-12(17)11-5-1-3-10-4-2-7-19-14(10)11/h1,3,5,12-13H,2,4,6-9,17H2. The number of rotatable bonds is 6. The molecule has 2 rings (SSSR count). The van der Waals surface area contributed by atoms with Gasteiger partial charge in [-0.1, -0.05) is 18.2 Å². The minimum absolute atomic E-state index is 0.231. The minimum Gasteiger partial charge on any atom is -0.493 e. The molecule has 106 valence electrons. The number of para-hydroxylation sites is 1. The van der Waals surface area contributed by atoms with Crippen LogP contribution in [0.15, 0.2) is 18.2 Å². The molecular formula is C14H19F2NO2. The highest BCUT2D eigenvalue weighted by atomic mass is 19.3. The van der Waals surface area contributed by atoms with Gasteiger partial charge in [0.05, 0.1) is 6.61 Å². The summed E-state index contributed by atoms with van der Waals surface area (Å²) in [6, 6.07) is 5.69. The van der Waals surface area contributed by atoms with E-state index in [-0.39, 0.29) is 12.6 Å². The highest BCUT2D eigenvalue weighted by Gasteiger charge is 2.18. The van der Waals surface area contributed by atoms with E-state index in [9.17, 15) is 8.78 Å². The lowest BCUT2D eigenvalue weighted by Gasteiger charge is -2.23. The van der Waals surface area contributed by atoms with E-state index >= 15 is 0 Å². The van der Waals surface area contributed by atoms with E-state index in [1.165, 1.54) is 5.56 Å². The molecule has 1 atom stereocenters. The molecule has 0 saturated carbocycles. The van der Waals surface area contributed by atoms with Crippen LogP contribution in [-0.2, 0) is 11.2 Å². The normalized spacial score (nSPS) is 16.0. The van der Waals surface area contributed by atoms with Gasteiger partial charge in [0.25, 0.3) is 6.43 Å². The third-order valence-electron chi connectivity index (χ3n) is 3.18. The lowest BCUT2D eigenvalue weighted by atomic mass is 9.97. The van der Waals surface area contributed by atoms with Crippen molar-refractivity contribution in [1.29, 1.82) is 0 Å². The van der Waals surface area contributed by atoms with Crippen LogP contribution in [0.3, 0.4) is 0 Å². The van der Waals surface area contributed by atoms with Gasteiger partial charge in [-0.3, -0.25) is 0 Å². The topological polar surface area (TPSA) is 44.5 Å². The molecule has 1 aromatic carbocycles. The molecular weight excluding hydrogens is 252 g/mol. The second kappa shape index (κ2) is 6.82. The number of benzene rings is 1. The zero-order valence-corrected chi connectivity index (χ0v) is 10.8. The van der Waals surface area contributed by atoms with Crippen LogP contribution in [0.2, 0.25) is 0 Å². The second-order valence-electron chi connectivity index (χ2n) is 4.65. The number of aryl methyl sites for hydroxylation is 1. The molecule has 5 heteroatoms. The van der Waals surface area contributed by atoms with Crippen LogP contribution in [0.5, 0.6) is 5.75 Å². The number of hydrogen-bond donors (Lipinski definition) is 1. The Morgan fingerprint density at radius 2 is 2.21 bits per heavy atom. The molecule has 0 fully saturated rings. The Labute approximate surface area is 111 Å². The fourth-order valence-electron chi connectivity index (χ4n) is 2.24. The second-order valence-corrected chi connectivity index (χ2v) is 4.65. The quantitative estimate of drug-likeness (QED) is 0.809. The zero-order valence-electron chi connectivity index (χ0n) is 10.8. The van der Waals surface area contributed by atoms with Crippen LogP contribution < -0.4 is 10.5 Å². The summed E-state index contributed by atoms with van der Waals surface area (Å²) in [4.78, 5) is 0. The summed E-state index contributed by atoms with van der Waals surface area (Å²) in [5.74, 6) is 0.870. The van der Waals surface area contributed by atoms with Gasteiger partial charge in [0.1, 0.15) is 12.4 Å². The molecule has 1 aromatic rings. The first kappa shape index (κ1) is 14.2. The van der Waals surface area contributed by atoms with Crippen LogP contribution >= 0.6 is 0 Å². The molecule has 0 aliphatic carbocycles. The predicted octanol–water partition coefficient (Wildman–Crippen LogP) is 2.68. The Bertz CT molecular complexity index is 412. The summed E-state index contributed by atoms with van der Waals surface area (Å²) >= 11 is 0. The largest absolute Gasteiger partial charge is 0.493 e. The maximum Gasteiger partial charge on any atom is 0.261 e. The van der Waals surface area contributed by atoms with Crippen LogP contribution in [0.25, 0.3) is 0 Å². The molecule has 2 N–H and O–H groups in total.